The van der Waals surface area contributed by atoms with Crippen LogP contribution in [0, 0.1) is 11.3 Å². The Morgan fingerprint density at radius 1 is 1.08 bits per heavy atom. The number of nitrogens with zero attached hydrogens (tertiary/aromatic N) is 7. The summed E-state index contributed by atoms with van der Waals surface area (Å²) in [4.78, 5) is 83.2. The summed E-state index contributed by atoms with van der Waals surface area (Å²) in [7, 11) is 3.28. The highest BCUT2D eigenvalue weighted by Gasteiger charge is 2.39. The topological polar surface area (TPSA) is 172 Å². The van der Waals surface area contributed by atoms with E-state index in [1.165, 1.54) is 28.2 Å². The van der Waals surface area contributed by atoms with Crippen LogP contribution in [0.1, 0.15) is 83.7 Å². The van der Waals surface area contributed by atoms with Crippen LogP contribution in [0.2, 0.25) is 0 Å². The molecule has 16 nitrogen and oxygen atoms in total. The molecule has 1 aromatic carbocycles. The zero-order valence-corrected chi connectivity index (χ0v) is 39.4. The zero-order valence-electron chi connectivity index (χ0n) is 38.6. The minimum atomic E-state index is -1.08. The molecule has 4 atom stereocenters. The monoisotopic (exact) mass is 897 g/mol. The van der Waals surface area contributed by atoms with E-state index in [4.69, 9.17) is 19.4 Å². The number of likely N-dealkylation sites (N-methyl/N-ethyl adjacent to an activating group) is 1. The lowest BCUT2D eigenvalue weighted by molar-refractivity contribution is -0.155. The molecule has 0 radical (unpaired) electrons. The molecular weight excluding hydrogens is 835 g/mol. The third-order valence-electron chi connectivity index (χ3n) is 12.8. The average molecular weight is 898 g/mol. The molecule has 2 N–H and O–H groups in total. The number of esters is 1. The Hall–Kier alpha value is -5.39. The van der Waals surface area contributed by atoms with Gasteiger partial charge < -0.3 is 34.1 Å². The second-order valence-electron chi connectivity index (χ2n) is 18.3. The first-order valence-corrected chi connectivity index (χ1v) is 23.3. The fourth-order valence-corrected chi connectivity index (χ4v) is 10.2. The highest BCUT2D eigenvalue weighted by Crippen LogP contribution is 2.42. The maximum absolute atomic E-state index is 14.6. The largest absolute Gasteiger partial charge is 0.464 e. The van der Waals surface area contributed by atoms with Gasteiger partial charge in [-0.25, -0.2) is 15.2 Å². The summed E-state index contributed by atoms with van der Waals surface area (Å²) in [5, 5.41) is 8.11. The summed E-state index contributed by atoms with van der Waals surface area (Å²) >= 11 is 1.41. The number of aryl methyl sites for hydroxylation is 1. The third kappa shape index (κ3) is 9.66. The molecule has 3 aromatic heterocycles. The number of amides is 5. The molecule has 6 bridgehead atoms. The summed E-state index contributed by atoms with van der Waals surface area (Å²) in [5.74, 6) is -1.70. The third-order valence-corrected chi connectivity index (χ3v) is 13.6. The lowest BCUT2D eigenvalue weighted by Crippen LogP contribution is -2.63. The van der Waals surface area contributed by atoms with E-state index in [0.29, 0.717) is 63.5 Å². The number of piperazine rings is 1. The summed E-state index contributed by atoms with van der Waals surface area (Å²) in [6.07, 6.45) is 3.21. The molecule has 3 aliphatic rings. The molecule has 6 heterocycles. The number of rotatable bonds is 8. The Morgan fingerprint density at radius 3 is 2.50 bits per heavy atom. The predicted molar refractivity (Wildman–Crippen MR) is 245 cm³/mol. The van der Waals surface area contributed by atoms with Gasteiger partial charge in [-0.05, 0) is 68.9 Å². The number of thiazole rings is 1. The van der Waals surface area contributed by atoms with E-state index in [1.54, 1.807) is 30.2 Å². The van der Waals surface area contributed by atoms with Crippen LogP contribution >= 0.6 is 11.3 Å². The van der Waals surface area contributed by atoms with Gasteiger partial charge in [-0.1, -0.05) is 33.8 Å². The molecule has 3 aliphatic heterocycles. The van der Waals surface area contributed by atoms with E-state index in [2.05, 4.69) is 60.3 Å². The molecule has 1 unspecified atom stereocenters. The minimum Gasteiger partial charge on any atom is -0.464 e. The Kier molecular flexibility index (Phi) is 14.1. The molecule has 2 fully saturated rings. The van der Waals surface area contributed by atoms with Gasteiger partial charge in [-0.3, -0.25) is 29.2 Å². The van der Waals surface area contributed by atoms with Gasteiger partial charge in [0.15, 0.2) is 0 Å². The van der Waals surface area contributed by atoms with Crippen molar-refractivity contribution in [2.24, 2.45) is 11.3 Å². The Bertz CT molecular complexity index is 2390. The maximum Gasteiger partial charge on any atom is 0.324 e. The first kappa shape index (κ1) is 46.6. The number of methoxy groups -OCH3 is 1. The standard InChI is InChI=1S/C47H63N9O7S/c1-10-55-38-16-15-31-23-33(38)34(42(55)32-13-11-17-48-40(32)29(4)62-9)25-47(6,7)27-63-45(60)35-14-12-18-56(51-35)44(59)36(24-39-49-37(31)26-64-39)50-43(58)41(28(2)3)52(8)46(61)54-21-19-53(20-22-54)30(5)57/h11,13,15-17,23,26,28-29,35-36,41,51H,10,12,14,18-22,24-25,27H2,1-9H3,(H,50,58)/t29-,35-,36-,41?/m0/s1. The molecule has 2 saturated heterocycles. The molecule has 0 saturated carbocycles. The predicted octanol–water partition coefficient (Wildman–Crippen LogP) is 5.44. The van der Waals surface area contributed by atoms with E-state index >= 15 is 0 Å². The van der Waals surface area contributed by atoms with Crippen molar-refractivity contribution in [3.8, 4) is 22.5 Å². The number of pyridine rings is 1. The summed E-state index contributed by atoms with van der Waals surface area (Å²) in [6, 6.07) is 7.32. The number of ether oxygens (including phenoxy) is 2. The Balaban J connectivity index is 1.26. The smallest absolute Gasteiger partial charge is 0.324 e. The van der Waals surface area contributed by atoms with Gasteiger partial charge in [-0.2, -0.15) is 0 Å². The number of benzene rings is 1. The molecule has 4 aromatic rings. The highest BCUT2D eigenvalue weighted by molar-refractivity contribution is 7.10. The SMILES string of the molecule is CCn1c(-c2cccnc2[C@H](C)OC)c2c3cc(ccc31)-c1csc(n1)C[C@H](NC(=O)C(C(C)C)N(C)C(=O)N1CCN(C(C)=O)CC1)C(=O)N1CCC[C@H](N1)C(=O)OCC(C)(C)C2. The summed E-state index contributed by atoms with van der Waals surface area (Å²) in [6.45, 7) is 16.2. The first-order valence-electron chi connectivity index (χ1n) is 22.4. The van der Waals surface area contributed by atoms with Gasteiger partial charge in [0.05, 0.1) is 34.8 Å². The first-order chi connectivity index (χ1) is 30.5. The fraction of sp³-hybridized carbons (Fsp3) is 0.553. The van der Waals surface area contributed by atoms with Crippen LogP contribution in [0.25, 0.3) is 33.4 Å². The second-order valence-corrected chi connectivity index (χ2v) is 19.3. The maximum atomic E-state index is 14.6. The highest BCUT2D eigenvalue weighted by atomic mass is 32.1. The van der Waals surface area contributed by atoms with Crippen LogP contribution < -0.4 is 10.7 Å². The van der Waals surface area contributed by atoms with Gasteiger partial charge in [0, 0.05) is 106 Å². The zero-order chi connectivity index (χ0) is 46.0. The van der Waals surface area contributed by atoms with E-state index in [1.807, 2.05) is 32.2 Å². The molecule has 17 heteroatoms. The van der Waals surface area contributed by atoms with Crippen molar-refractivity contribution < 1.29 is 33.4 Å². The Morgan fingerprint density at radius 2 is 1.81 bits per heavy atom. The molecule has 7 rings (SSSR count). The van der Waals surface area contributed by atoms with Crippen molar-refractivity contribution in [1.29, 1.82) is 0 Å². The van der Waals surface area contributed by atoms with Gasteiger partial charge in [0.2, 0.25) is 11.8 Å². The summed E-state index contributed by atoms with van der Waals surface area (Å²) in [5.41, 5.74) is 9.27. The second kappa shape index (κ2) is 19.4. The van der Waals surface area contributed by atoms with Gasteiger partial charge in [0.25, 0.3) is 5.91 Å². The molecule has 344 valence electrons. The van der Waals surface area contributed by atoms with Gasteiger partial charge in [-0.15, -0.1) is 11.3 Å². The number of cyclic esters (lactones) is 1. The number of hydrogen-bond donors (Lipinski definition) is 2. The van der Waals surface area contributed by atoms with Crippen molar-refractivity contribution in [2.75, 3.05) is 53.5 Å². The number of nitrogens with one attached hydrogen (secondary N) is 2. The van der Waals surface area contributed by atoms with Crippen LogP contribution in [-0.2, 0) is 48.0 Å². The van der Waals surface area contributed by atoms with Crippen molar-refractivity contribution >= 4 is 52.0 Å². The van der Waals surface area contributed by atoms with Crippen LogP contribution in [0.15, 0.2) is 41.9 Å². The molecule has 0 aliphatic carbocycles. The lowest BCUT2D eigenvalue weighted by Gasteiger charge is -2.39. The van der Waals surface area contributed by atoms with Gasteiger partial charge in [0.1, 0.15) is 18.1 Å². The van der Waals surface area contributed by atoms with Crippen molar-refractivity contribution in [1.82, 2.24) is 45.0 Å². The van der Waals surface area contributed by atoms with Gasteiger partial charge >= 0.3 is 12.0 Å². The number of carbonyl (C=O) groups excluding carboxylic acids is 5. The number of hydrogen-bond acceptors (Lipinski definition) is 11. The molecule has 0 spiro atoms. The van der Waals surface area contributed by atoms with Crippen LogP contribution in [0.4, 0.5) is 4.79 Å². The van der Waals surface area contributed by atoms with Crippen LogP contribution in [-0.4, -0.2) is 136 Å². The fourth-order valence-electron chi connectivity index (χ4n) is 9.30. The summed E-state index contributed by atoms with van der Waals surface area (Å²) < 4.78 is 14.2. The van der Waals surface area contributed by atoms with E-state index in [0.717, 1.165) is 44.7 Å². The molecule has 64 heavy (non-hydrogen) atoms. The number of fused-ring (bicyclic) bond motifs is 6. The quantitative estimate of drug-likeness (QED) is 0.217. The van der Waals surface area contributed by atoms with E-state index < -0.39 is 41.3 Å². The van der Waals surface area contributed by atoms with Crippen molar-refractivity contribution in [3.05, 3.63) is 58.2 Å². The molecule has 5 amide bonds. The number of carbonyl (C=O) groups is 5. The number of aromatic nitrogens is 3. The van der Waals surface area contributed by atoms with Crippen LogP contribution in [0.3, 0.4) is 0 Å². The normalized spacial score (nSPS) is 20.4. The minimum absolute atomic E-state index is 0.0449. The Labute approximate surface area is 379 Å². The van der Waals surface area contributed by atoms with Crippen LogP contribution in [0.5, 0.6) is 0 Å². The van der Waals surface area contributed by atoms with E-state index in [-0.39, 0.29) is 37.0 Å². The lowest BCUT2D eigenvalue weighted by atomic mass is 9.84. The van der Waals surface area contributed by atoms with E-state index in [9.17, 15) is 24.0 Å². The number of hydrazine groups is 1. The van der Waals surface area contributed by atoms with Crippen molar-refractivity contribution in [3.63, 3.8) is 0 Å². The van der Waals surface area contributed by atoms with Crippen molar-refractivity contribution in [2.45, 2.75) is 105 Å². The molecular formula is C47H63N9O7S. The number of urea groups is 1. The average Bonchev–Trinajstić information content (AvgIpc) is 3.88.